The van der Waals surface area contributed by atoms with E-state index < -0.39 is 5.91 Å². The van der Waals surface area contributed by atoms with Crippen LogP contribution in [0.4, 0.5) is 0 Å². The number of rotatable bonds is 5. The first-order valence-corrected chi connectivity index (χ1v) is 7.71. The van der Waals surface area contributed by atoms with E-state index >= 15 is 0 Å². The summed E-state index contributed by atoms with van der Waals surface area (Å²) in [5.74, 6) is 1.43. The van der Waals surface area contributed by atoms with Gasteiger partial charge in [-0.2, -0.15) is 5.10 Å². The standard InChI is InChI=1S/C17H15ClN2O4/c1-2-22-14-8-16-15(23-10-24-16)7-11(14)9-19-20-17(21)12-5-3-4-6-13(12)18/h3-9H,2,10H2,1H3,(H,20,21)/b19-9+. The summed E-state index contributed by atoms with van der Waals surface area (Å²) in [7, 11) is 0. The minimum Gasteiger partial charge on any atom is -0.493 e. The van der Waals surface area contributed by atoms with Crippen LogP contribution in [0.15, 0.2) is 41.5 Å². The van der Waals surface area contributed by atoms with Crippen molar-refractivity contribution in [2.45, 2.75) is 6.92 Å². The Morgan fingerprint density at radius 2 is 2.08 bits per heavy atom. The molecule has 0 aliphatic carbocycles. The first-order valence-electron chi connectivity index (χ1n) is 7.33. The Morgan fingerprint density at radius 3 is 2.83 bits per heavy atom. The lowest BCUT2D eigenvalue weighted by Gasteiger charge is -2.08. The Morgan fingerprint density at radius 1 is 1.33 bits per heavy atom. The molecule has 2 aromatic carbocycles. The Labute approximate surface area is 144 Å². The van der Waals surface area contributed by atoms with Gasteiger partial charge in [-0.1, -0.05) is 23.7 Å². The average Bonchev–Trinajstić information content (AvgIpc) is 3.02. The summed E-state index contributed by atoms with van der Waals surface area (Å²) in [6, 6.07) is 10.2. The molecule has 1 N–H and O–H groups in total. The number of nitrogens with zero attached hydrogens (tertiary/aromatic N) is 1. The molecule has 0 unspecified atom stereocenters. The van der Waals surface area contributed by atoms with E-state index in [1.807, 2.05) is 6.92 Å². The molecule has 0 radical (unpaired) electrons. The summed E-state index contributed by atoms with van der Waals surface area (Å²) < 4.78 is 16.2. The molecule has 0 fully saturated rings. The van der Waals surface area contributed by atoms with Crippen molar-refractivity contribution >= 4 is 23.7 Å². The number of hydrazone groups is 1. The van der Waals surface area contributed by atoms with Gasteiger partial charge in [0.15, 0.2) is 11.5 Å². The number of ether oxygens (including phenoxy) is 3. The van der Waals surface area contributed by atoms with Gasteiger partial charge >= 0.3 is 0 Å². The maximum atomic E-state index is 12.1. The molecule has 0 atom stereocenters. The van der Waals surface area contributed by atoms with Crippen molar-refractivity contribution in [3.05, 3.63) is 52.5 Å². The summed E-state index contributed by atoms with van der Waals surface area (Å²) in [5, 5.41) is 4.33. The minimum absolute atomic E-state index is 0.171. The molecule has 7 heteroatoms. The monoisotopic (exact) mass is 346 g/mol. The van der Waals surface area contributed by atoms with Gasteiger partial charge in [0.05, 0.1) is 23.4 Å². The Bertz CT molecular complexity index is 792. The SMILES string of the molecule is CCOc1cc2c(cc1/C=N/NC(=O)c1ccccc1Cl)OCO2. The zero-order valence-corrected chi connectivity index (χ0v) is 13.7. The third kappa shape index (κ3) is 3.44. The van der Waals surface area contributed by atoms with Gasteiger partial charge in [0.2, 0.25) is 6.79 Å². The van der Waals surface area contributed by atoms with Crippen LogP contribution in [0, 0.1) is 0 Å². The molecular formula is C17H15ClN2O4. The third-order valence-electron chi connectivity index (χ3n) is 3.29. The summed E-state index contributed by atoms with van der Waals surface area (Å²) in [6.45, 7) is 2.54. The van der Waals surface area contributed by atoms with E-state index in [1.54, 1.807) is 36.4 Å². The topological polar surface area (TPSA) is 69.2 Å². The number of nitrogens with one attached hydrogen (secondary N) is 1. The van der Waals surface area contributed by atoms with Crippen molar-refractivity contribution in [1.82, 2.24) is 5.43 Å². The van der Waals surface area contributed by atoms with Gasteiger partial charge in [0, 0.05) is 11.6 Å². The molecule has 1 amide bonds. The Hall–Kier alpha value is -2.73. The highest BCUT2D eigenvalue weighted by molar-refractivity contribution is 6.33. The third-order valence-corrected chi connectivity index (χ3v) is 3.62. The van der Waals surface area contributed by atoms with Crippen LogP contribution in [0.1, 0.15) is 22.8 Å². The van der Waals surface area contributed by atoms with E-state index in [2.05, 4.69) is 10.5 Å². The van der Waals surface area contributed by atoms with Crippen LogP contribution in [-0.4, -0.2) is 25.5 Å². The molecular weight excluding hydrogens is 332 g/mol. The maximum Gasteiger partial charge on any atom is 0.272 e. The number of amides is 1. The van der Waals surface area contributed by atoms with Gasteiger partial charge in [0.1, 0.15) is 5.75 Å². The number of carbonyl (C=O) groups excluding carboxylic acids is 1. The van der Waals surface area contributed by atoms with E-state index in [4.69, 9.17) is 25.8 Å². The molecule has 0 saturated carbocycles. The predicted molar refractivity (Wildman–Crippen MR) is 90.2 cm³/mol. The van der Waals surface area contributed by atoms with Crippen molar-refractivity contribution in [2.24, 2.45) is 5.10 Å². The minimum atomic E-state index is -0.393. The van der Waals surface area contributed by atoms with Crippen LogP contribution in [0.2, 0.25) is 5.02 Å². The molecule has 1 aliphatic heterocycles. The molecule has 6 nitrogen and oxygen atoms in total. The predicted octanol–water partition coefficient (Wildman–Crippen LogP) is 3.23. The molecule has 2 aromatic rings. The van der Waals surface area contributed by atoms with Crippen LogP contribution >= 0.6 is 11.6 Å². The van der Waals surface area contributed by atoms with E-state index in [9.17, 15) is 4.79 Å². The fourth-order valence-electron chi connectivity index (χ4n) is 2.19. The Kier molecular flexibility index (Phi) is 4.86. The summed E-state index contributed by atoms with van der Waals surface area (Å²) in [6.07, 6.45) is 1.49. The maximum absolute atomic E-state index is 12.1. The number of benzene rings is 2. The lowest BCUT2D eigenvalue weighted by atomic mass is 10.2. The number of hydrogen-bond donors (Lipinski definition) is 1. The molecule has 1 aliphatic rings. The summed E-state index contributed by atoms with van der Waals surface area (Å²) in [4.78, 5) is 12.1. The van der Waals surface area contributed by atoms with Crippen molar-refractivity contribution < 1.29 is 19.0 Å². The van der Waals surface area contributed by atoms with Gasteiger partial charge in [-0.05, 0) is 25.1 Å². The smallest absolute Gasteiger partial charge is 0.272 e. The lowest BCUT2D eigenvalue weighted by molar-refractivity contribution is 0.0955. The largest absolute Gasteiger partial charge is 0.493 e. The normalized spacial score (nSPS) is 12.4. The zero-order valence-electron chi connectivity index (χ0n) is 12.9. The average molecular weight is 347 g/mol. The summed E-state index contributed by atoms with van der Waals surface area (Å²) in [5.41, 5.74) is 3.46. The first-order chi connectivity index (χ1) is 11.7. The van der Waals surface area contributed by atoms with E-state index in [0.29, 0.717) is 40.0 Å². The zero-order chi connectivity index (χ0) is 16.9. The Balaban J connectivity index is 1.77. The second kappa shape index (κ2) is 7.23. The van der Waals surface area contributed by atoms with Crippen LogP contribution < -0.4 is 19.6 Å². The highest BCUT2D eigenvalue weighted by Gasteiger charge is 2.17. The van der Waals surface area contributed by atoms with Crippen molar-refractivity contribution in [3.63, 3.8) is 0 Å². The second-order valence-electron chi connectivity index (χ2n) is 4.86. The fraction of sp³-hybridized carbons (Fsp3) is 0.176. The first kappa shape index (κ1) is 16.1. The fourth-order valence-corrected chi connectivity index (χ4v) is 2.41. The van der Waals surface area contributed by atoms with Crippen molar-refractivity contribution in [3.8, 4) is 17.2 Å². The van der Waals surface area contributed by atoms with Gasteiger partial charge in [-0.25, -0.2) is 5.43 Å². The molecule has 0 aromatic heterocycles. The van der Waals surface area contributed by atoms with Crippen molar-refractivity contribution in [1.29, 1.82) is 0 Å². The van der Waals surface area contributed by atoms with Gasteiger partial charge in [0.25, 0.3) is 5.91 Å². The number of hydrogen-bond acceptors (Lipinski definition) is 5. The van der Waals surface area contributed by atoms with Crippen LogP contribution in [-0.2, 0) is 0 Å². The van der Waals surface area contributed by atoms with Gasteiger partial charge < -0.3 is 14.2 Å². The van der Waals surface area contributed by atoms with Crippen LogP contribution in [0.25, 0.3) is 0 Å². The number of fused-ring (bicyclic) bond motifs is 1. The number of carbonyl (C=O) groups is 1. The quantitative estimate of drug-likeness (QED) is 0.666. The highest BCUT2D eigenvalue weighted by Crippen LogP contribution is 2.37. The van der Waals surface area contributed by atoms with Crippen LogP contribution in [0.5, 0.6) is 17.2 Å². The van der Waals surface area contributed by atoms with E-state index in [-0.39, 0.29) is 6.79 Å². The molecule has 124 valence electrons. The second-order valence-corrected chi connectivity index (χ2v) is 5.26. The lowest BCUT2D eigenvalue weighted by Crippen LogP contribution is -2.18. The van der Waals surface area contributed by atoms with Gasteiger partial charge in [-0.3, -0.25) is 4.79 Å². The summed E-state index contributed by atoms with van der Waals surface area (Å²) >= 11 is 5.98. The van der Waals surface area contributed by atoms with Gasteiger partial charge in [-0.15, -0.1) is 0 Å². The van der Waals surface area contributed by atoms with Crippen LogP contribution in [0.3, 0.4) is 0 Å². The number of halogens is 1. The van der Waals surface area contributed by atoms with Crippen molar-refractivity contribution in [2.75, 3.05) is 13.4 Å². The molecule has 0 bridgehead atoms. The molecule has 3 rings (SSSR count). The molecule has 1 heterocycles. The molecule has 24 heavy (non-hydrogen) atoms. The van der Waals surface area contributed by atoms with E-state index in [1.165, 1.54) is 6.21 Å². The molecule has 0 spiro atoms. The molecule has 0 saturated heterocycles. The van der Waals surface area contributed by atoms with E-state index in [0.717, 1.165) is 0 Å². The highest BCUT2D eigenvalue weighted by atomic mass is 35.5.